The van der Waals surface area contributed by atoms with E-state index in [1.54, 1.807) is 18.7 Å². The number of carbonyl (C=O) groups excluding carboxylic acids is 1. The highest BCUT2D eigenvalue weighted by Crippen LogP contribution is 2.29. The van der Waals surface area contributed by atoms with Crippen LogP contribution in [-0.2, 0) is 5.75 Å². The first-order valence-corrected chi connectivity index (χ1v) is 8.75. The van der Waals surface area contributed by atoms with Gasteiger partial charge in [-0.25, -0.2) is 9.97 Å². The van der Waals surface area contributed by atoms with Crippen molar-refractivity contribution in [3.8, 4) is 11.4 Å². The molecule has 2 aromatic carbocycles. The first-order valence-electron chi connectivity index (χ1n) is 7.77. The Kier molecular flexibility index (Phi) is 5.06. The summed E-state index contributed by atoms with van der Waals surface area (Å²) >= 11 is 1.58. The molecule has 0 unspecified atom stereocenters. The Labute approximate surface area is 146 Å². The third kappa shape index (κ3) is 3.71. The Bertz CT molecular complexity index is 848. The van der Waals surface area contributed by atoms with E-state index in [-0.39, 0.29) is 5.78 Å². The van der Waals surface area contributed by atoms with Crippen molar-refractivity contribution in [2.45, 2.75) is 24.6 Å². The van der Waals surface area contributed by atoms with E-state index in [1.807, 2.05) is 55.5 Å². The lowest BCUT2D eigenvalue weighted by molar-refractivity contribution is 0.101. The zero-order valence-corrected chi connectivity index (χ0v) is 14.5. The van der Waals surface area contributed by atoms with E-state index in [0.717, 1.165) is 22.0 Å². The first kappa shape index (κ1) is 16.4. The van der Waals surface area contributed by atoms with Crippen molar-refractivity contribution in [1.29, 1.82) is 0 Å². The molecular formula is C20H18N2OS. The number of ketones is 1. The highest BCUT2D eigenvalue weighted by Gasteiger charge is 2.16. The van der Waals surface area contributed by atoms with Crippen LogP contribution in [0.2, 0.25) is 0 Å². The predicted molar refractivity (Wildman–Crippen MR) is 98.2 cm³/mol. The molecule has 0 saturated carbocycles. The van der Waals surface area contributed by atoms with Crippen molar-refractivity contribution in [3.63, 3.8) is 0 Å². The number of nitrogens with zero attached hydrogens (tertiary/aromatic N) is 2. The van der Waals surface area contributed by atoms with Gasteiger partial charge in [0.15, 0.2) is 11.6 Å². The van der Waals surface area contributed by atoms with Gasteiger partial charge in [0.05, 0.1) is 11.3 Å². The van der Waals surface area contributed by atoms with Gasteiger partial charge in [-0.15, -0.1) is 11.8 Å². The molecule has 0 bridgehead atoms. The van der Waals surface area contributed by atoms with Crippen molar-refractivity contribution in [2.75, 3.05) is 0 Å². The molecular weight excluding hydrogens is 316 g/mol. The van der Waals surface area contributed by atoms with Crippen LogP contribution in [0.5, 0.6) is 0 Å². The fraction of sp³-hybridized carbons (Fsp3) is 0.150. The molecule has 0 amide bonds. The van der Waals surface area contributed by atoms with Gasteiger partial charge in [0.25, 0.3) is 0 Å². The van der Waals surface area contributed by atoms with Gasteiger partial charge >= 0.3 is 0 Å². The first-order chi connectivity index (χ1) is 11.6. The molecule has 0 fully saturated rings. The van der Waals surface area contributed by atoms with E-state index in [4.69, 9.17) is 0 Å². The Hall–Kier alpha value is -2.46. The molecule has 3 nitrogen and oxygen atoms in total. The van der Waals surface area contributed by atoms with E-state index in [1.165, 1.54) is 5.56 Å². The van der Waals surface area contributed by atoms with Crippen molar-refractivity contribution in [2.24, 2.45) is 0 Å². The summed E-state index contributed by atoms with van der Waals surface area (Å²) in [4.78, 5) is 21.3. The number of Topliss-reactive ketones (excluding diaryl/α,β-unsaturated/α-hetero) is 1. The number of aromatic nitrogens is 2. The van der Waals surface area contributed by atoms with Crippen LogP contribution >= 0.6 is 11.8 Å². The molecule has 1 aromatic heterocycles. The van der Waals surface area contributed by atoms with Gasteiger partial charge in [-0.1, -0.05) is 60.7 Å². The Morgan fingerprint density at radius 1 is 0.958 bits per heavy atom. The lowest BCUT2D eigenvalue weighted by atomic mass is 10.1. The minimum absolute atomic E-state index is 0.00248. The Morgan fingerprint density at radius 2 is 1.58 bits per heavy atom. The molecule has 3 rings (SSSR count). The summed E-state index contributed by atoms with van der Waals surface area (Å²) in [6, 6.07) is 20.0. The molecule has 24 heavy (non-hydrogen) atoms. The van der Waals surface area contributed by atoms with E-state index in [9.17, 15) is 4.79 Å². The van der Waals surface area contributed by atoms with Gasteiger partial charge in [0.1, 0.15) is 5.03 Å². The predicted octanol–water partition coefficient (Wildman–Crippen LogP) is 4.95. The van der Waals surface area contributed by atoms with Crippen LogP contribution in [-0.4, -0.2) is 15.8 Å². The van der Waals surface area contributed by atoms with Gasteiger partial charge in [-0.05, 0) is 19.4 Å². The molecule has 120 valence electrons. The molecule has 0 N–H and O–H groups in total. The molecule has 0 aliphatic carbocycles. The summed E-state index contributed by atoms with van der Waals surface area (Å²) in [5, 5.41) is 0.748. The monoisotopic (exact) mass is 334 g/mol. The minimum Gasteiger partial charge on any atom is -0.294 e. The lowest BCUT2D eigenvalue weighted by Gasteiger charge is -2.11. The van der Waals surface area contributed by atoms with Gasteiger partial charge in [0, 0.05) is 11.3 Å². The van der Waals surface area contributed by atoms with E-state index < -0.39 is 0 Å². The summed E-state index contributed by atoms with van der Waals surface area (Å²) in [7, 11) is 0. The van der Waals surface area contributed by atoms with E-state index in [0.29, 0.717) is 11.4 Å². The quantitative estimate of drug-likeness (QED) is 0.376. The largest absolute Gasteiger partial charge is 0.294 e. The molecule has 0 saturated heterocycles. The van der Waals surface area contributed by atoms with Gasteiger partial charge < -0.3 is 0 Å². The van der Waals surface area contributed by atoms with Crippen LogP contribution < -0.4 is 0 Å². The molecule has 0 aliphatic rings. The molecule has 1 heterocycles. The maximum Gasteiger partial charge on any atom is 0.164 e. The number of rotatable bonds is 5. The smallest absolute Gasteiger partial charge is 0.164 e. The SMILES string of the molecule is CC(=O)c1c(C)nc(-c2ccccc2)nc1SCc1ccccc1. The summed E-state index contributed by atoms with van der Waals surface area (Å²) in [5.74, 6) is 1.43. The number of carbonyl (C=O) groups is 1. The van der Waals surface area contributed by atoms with Gasteiger partial charge in [-0.3, -0.25) is 4.79 Å². The number of aryl methyl sites for hydroxylation is 1. The van der Waals surface area contributed by atoms with Crippen LogP contribution in [0.25, 0.3) is 11.4 Å². The third-order valence-corrected chi connectivity index (χ3v) is 4.71. The average Bonchev–Trinajstić information content (AvgIpc) is 2.60. The third-order valence-electron chi connectivity index (χ3n) is 3.66. The highest BCUT2D eigenvalue weighted by atomic mass is 32.2. The van der Waals surface area contributed by atoms with Crippen LogP contribution in [0.4, 0.5) is 0 Å². The lowest BCUT2D eigenvalue weighted by Crippen LogP contribution is -2.06. The van der Waals surface area contributed by atoms with E-state index >= 15 is 0 Å². The van der Waals surface area contributed by atoms with Crippen molar-refractivity contribution in [1.82, 2.24) is 9.97 Å². The van der Waals surface area contributed by atoms with Gasteiger partial charge in [-0.2, -0.15) is 0 Å². The van der Waals surface area contributed by atoms with E-state index in [2.05, 4.69) is 22.1 Å². The van der Waals surface area contributed by atoms with Crippen LogP contribution in [0, 0.1) is 6.92 Å². The van der Waals surface area contributed by atoms with Gasteiger partial charge in [0.2, 0.25) is 0 Å². The topological polar surface area (TPSA) is 42.9 Å². The van der Waals surface area contributed by atoms with Crippen molar-refractivity contribution in [3.05, 3.63) is 77.5 Å². The zero-order valence-electron chi connectivity index (χ0n) is 13.7. The second-order valence-electron chi connectivity index (χ2n) is 5.51. The summed E-state index contributed by atoms with van der Waals surface area (Å²) in [5.41, 5.74) is 3.51. The summed E-state index contributed by atoms with van der Waals surface area (Å²) < 4.78 is 0. The van der Waals surface area contributed by atoms with Crippen LogP contribution in [0.15, 0.2) is 65.7 Å². The molecule has 0 atom stereocenters. The Morgan fingerprint density at radius 3 is 2.21 bits per heavy atom. The van der Waals surface area contributed by atoms with Crippen LogP contribution in [0.1, 0.15) is 28.5 Å². The number of hydrogen-bond donors (Lipinski definition) is 0. The molecule has 3 aromatic rings. The number of benzene rings is 2. The minimum atomic E-state index is 0.00248. The molecule has 0 spiro atoms. The second-order valence-corrected chi connectivity index (χ2v) is 6.47. The van der Waals surface area contributed by atoms with Crippen molar-refractivity contribution >= 4 is 17.5 Å². The highest BCUT2D eigenvalue weighted by molar-refractivity contribution is 7.98. The normalized spacial score (nSPS) is 10.6. The average molecular weight is 334 g/mol. The summed E-state index contributed by atoms with van der Waals surface area (Å²) in [6.45, 7) is 3.44. The van der Waals surface area contributed by atoms with Crippen molar-refractivity contribution < 1.29 is 4.79 Å². The molecule has 0 radical (unpaired) electrons. The molecule has 0 aliphatic heterocycles. The van der Waals surface area contributed by atoms with Crippen LogP contribution in [0.3, 0.4) is 0 Å². The fourth-order valence-electron chi connectivity index (χ4n) is 2.50. The maximum atomic E-state index is 12.1. The molecule has 4 heteroatoms. The standard InChI is InChI=1S/C20H18N2OS/c1-14-18(15(2)23)20(24-13-16-9-5-3-6-10-16)22-19(21-14)17-11-7-4-8-12-17/h3-12H,13H2,1-2H3. The zero-order chi connectivity index (χ0) is 16.9. The Balaban J connectivity index is 1.98. The fourth-order valence-corrected chi connectivity index (χ4v) is 3.58. The number of thioether (sulfide) groups is 1. The second kappa shape index (κ2) is 7.41. The maximum absolute atomic E-state index is 12.1. The number of hydrogen-bond acceptors (Lipinski definition) is 4. The summed E-state index contributed by atoms with van der Waals surface area (Å²) in [6.07, 6.45) is 0.